The number of carboxylic acids is 1. The summed E-state index contributed by atoms with van der Waals surface area (Å²) >= 11 is 0. The molecule has 0 heterocycles. The molecule has 0 aromatic heterocycles. The van der Waals surface area contributed by atoms with Crippen LogP contribution in [0.2, 0.25) is 0 Å². The van der Waals surface area contributed by atoms with E-state index in [1.807, 2.05) is 43.3 Å². The van der Waals surface area contributed by atoms with E-state index in [0.29, 0.717) is 0 Å². The third-order valence-electron chi connectivity index (χ3n) is 2.89. The summed E-state index contributed by atoms with van der Waals surface area (Å²) in [5.41, 5.74) is 1.09. The Bertz CT molecular complexity index is 535. The Morgan fingerprint density at radius 3 is 2.36 bits per heavy atom. The molecule has 0 saturated heterocycles. The first-order valence-electron chi connectivity index (χ1n) is 7.07. The van der Waals surface area contributed by atoms with Crippen LogP contribution in [0.1, 0.15) is 26.3 Å². The van der Waals surface area contributed by atoms with E-state index in [9.17, 15) is 14.7 Å². The van der Waals surface area contributed by atoms with E-state index in [2.05, 4.69) is 5.32 Å². The molecular weight excluding hydrogens is 284 g/mol. The Hall–Kier alpha value is -2.24. The second kappa shape index (κ2) is 7.15. The molecule has 0 saturated carbocycles. The Balaban J connectivity index is 2.86. The number of alkyl carbamates (subject to hydrolysis) is 1. The summed E-state index contributed by atoms with van der Waals surface area (Å²) in [6.07, 6.45) is -0.551. The summed E-state index contributed by atoms with van der Waals surface area (Å²) in [5, 5.41) is 11.7. The highest BCUT2D eigenvalue weighted by molar-refractivity contribution is 5.80. The summed E-state index contributed by atoms with van der Waals surface area (Å²) in [7, 11) is 3.77. The number of benzene rings is 1. The van der Waals surface area contributed by atoms with Crippen molar-refractivity contribution in [2.45, 2.75) is 38.8 Å². The van der Waals surface area contributed by atoms with Crippen molar-refractivity contribution in [2.75, 3.05) is 19.0 Å². The average molecular weight is 308 g/mol. The summed E-state index contributed by atoms with van der Waals surface area (Å²) in [6.45, 7) is 5.18. The molecule has 0 aliphatic rings. The van der Waals surface area contributed by atoms with Gasteiger partial charge in [-0.25, -0.2) is 9.59 Å². The zero-order chi connectivity index (χ0) is 16.9. The molecule has 1 amide bonds. The van der Waals surface area contributed by atoms with Crippen molar-refractivity contribution >= 4 is 17.7 Å². The number of nitrogens with one attached hydrogen (secondary N) is 1. The van der Waals surface area contributed by atoms with Crippen molar-refractivity contribution in [3.63, 3.8) is 0 Å². The Kier molecular flexibility index (Phi) is 5.79. The second-order valence-electron chi connectivity index (χ2n) is 6.26. The van der Waals surface area contributed by atoms with Gasteiger partial charge in [0.25, 0.3) is 0 Å². The van der Waals surface area contributed by atoms with Crippen LogP contribution in [0, 0.1) is 0 Å². The van der Waals surface area contributed by atoms with Crippen molar-refractivity contribution < 1.29 is 19.4 Å². The fraction of sp³-hybridized carbons (Fsp3) is 0.500. The second-order valence-corrected chi connectivity index (χ2v) is 6.26. The Labute approximate surface area is 131 Å². The van der Waals surface area contributed by atoms with Gasteiger partial charge in [0.15, 0.2) is 0 Å². The van der Waals surface area contributed by atoms with Gasteiger partial charge < -0.3 is 20.1 Å². The topological polar surface area (TPSA) is 78.9 Å². The summed E-state index contributed by atoms with van der Waals surface area (Å²) in [4.78, 5) is 25.1. The summed E-state index contributed by atoms with van der Waals surface area (Å²) < 4.78 is 5.11. The van der Waals surface area contributed by atoms with Crippen LogP contribution in [0.3, 0.4) is 0 Å². The molecule has 0 radical (unpaired) electrons. The predicted molar refractivity (Wildman–Crippen MR) is 85.3 cm³/mol. The zero-order valence-electron chi connectivity index (χ0n) is 13.7. The lowest BCUT2D eigenvalue weighted by Crippen LogP contribution is -2.44. The molecule has 0 fully saturated rings. The standard InChI is InChI=1S/C16H24N2O4/c1-16(2,3)22-15(21)17-12(14(19)20)10-11-8-6-7-9-13(11)18(4)5/h6-9,12H,10H2,1-5H3,(H,17,21)(H,19,20)/t12-/m0/s1. The lowest BCUT2D eigenvalue weighted by molar-refractivity contribution is -0.139. The molecular formula is C16H24N2O4. The number of ether oxygens (including phenoxy) is 1. The molecule has 0 unspecified atom stereocenters. The molecule has 0 aliphatic heterocycles. The number of rotatable bonds is 5. The highest BCUT2D eigenvalue weighted by Crippen LogP contribution is 2.19. The number of hydrogen-bond acceptors (Lipinski definition) is 4. The maximum Gasteiger partial charge on any atom is 0.408 e. The quantitative estimate of drug-likeness (QED) is 0.872. The monoisotopic (exact) mass is 308 g/mol. The van der Waals surface area contributed by atoms with Gasteiger partial charge in [-0.2, -0.15) is 0 Å². The van der Waals surface area contributed by atoms with E-state index < -0.39 is 23.7 Å². The van der Waals surface area contributed by atoms with Crippen LogP contribution in [0.15, 0.2) is 24.3 Å². The first-order chi connectivity index (χ1) is 10.1. The third kappa shape index (κ3) is 5.63. The molecule has 122 valence electrons. The van der Waals surface area contributed by atoms with Crippen molar-refractivity contribution in [2.24, 2.45) is 0 Å². The van der Waals surface area contributed by atoms with Crippen molar-refractivity contribution in [3.05, 3.63) is 29.8 Å². The van der Waals surface area contributed by atoms with Gasteiger partial charge in [0.05, 0.1) is 0 Å². The van der Waals surface area contributed by atoms with E-state index >= 15 is 0 Å². The van der Waals surface area contributed by atoms with Crippen molar-refractivity contribution in [3.8, 4) is 0 Å². The van der Waals surface area contributed by atoms with E-state index in [1.54, 1.807) is 20.8 Å². The lowest BCUT2D eigenvalue weighted by atomic mass is 10.0. The minimum absolute atomic E-state index is 0.183. The number of nitrogens with zero attached hydrogens (tertiary/aromatic N) is 1. The van der Waals surface area contributed by atoms with Crippen LogP contribution in [-0.2, 0) is 16.0 Å². The number of carboxylic acid groups (broad SMARTS) is 1. The number of carbonyl (C=O) groups is 2. The summed E-state index contributed by atoms with van der Waals surface area (Å²) in [6, 6.07) is 6.44. The fourth-order valence-corrected chi connectivity index (χ4v) is 1.99. The van der Waals surface area contributed by atoms with Gasteiger partial charge in [0.1, 0.15) is 11.6 Å². The molecule has 0 aliphatic carbocycles. The van der Waals surface area contributed by atoms with E-state index in [4.69, 9.17) is 4.74 Å². The van der Waals surface area contributed by atoms with Gasteiger partial charge >= 0.3 is 12.1 Å². The van der Waals surface area contributed by atoms with Crippen molar-refractivity contribution in [1.82, 2.24) is 5.32 Å². The highest BCUT2D eigenvalue weighted by atomic mass is 16.6. The Morgan fingerprint density at radius 2 is 1.86 bits per heavy atom. The molecule has 1 aromatic rings. The molecule has 1 aromatic carbocycles. The molecule has 22 heavy (non-hydrogen) atoms. The van der Waals surface area contributed by atoms with Gasteiger partial charge in [-0.3, -0.25) is 0 Å². The number of anilines is 1. The maximum atomic E-state index is 11.8. The molecule has 0 bridgehead atoms. The largest absolute Gasteiger partial charge is 0.480 e. The normalized spacial score (nSPS) is 12.4. The molecule has 6 nitrogen and oxygen atoms in total. The highest BCUT2D eigenvalue weighted by Gasteiger charge is 2.25. The molecule has 1 rings (SSSR count). The minimum atomic E-state index is -1.10. The van der Waals surface area contributed by atoms with Crippen molar-refractivity contribution in [1.29, 1.82) is 0 Å². The predicted octanol–water partition coefficient (Wildman–Crippen LogP) is 2.27. The molecule has 0 spiro atoms. The maximum absolute atomic E-state index is 11.8. The molecule has 6 heteroatoms. The first kappa shape index (κ1) is 17.8. The number of aliphatic carboxylic acids is 1. The SMILES string of the molecule is CN(C)c1ccccc1C[C@H](NC(=O)OC(C)(C)C)C(=O)O. The van der Waals surface area contributed by atoms with Crippen LogP contribution >= 0.6 is 0 Å². The van der Waals surface area contributed by atoms with Gasteiger partial charge in [0.2, 0.25) is 0 Å². The number of para-hydroxylation sites is 1. The van der Waals surface area contributed by atoms with Gasteiger partial charge in [-0.05, 0) is 32.4 Å². The van der Waals surface area contributed by atoms with Crippen LogP contribution in [0.5, 0.6) is 0 Å². The lowest BCUT2D eigenvalue weighted by Gasteiger charge is -2.23. The average Bonchev–Trinajstić information content (AvgIpc) is 2.35. The Morgan fingerprint density at radius 1 is 1.27 bits per heavy atom. The molecule has 1 atom stereocenters. The van der Waals surface area contributed by atoms with E-state index in [1.165, 1.54) is 0 Å². The number of carbonyl (C=O) groups excluding carboxylic acids is 1. The zero-order valence-corrected chi connectivity index (χ0v) is 13.7. The van der Waals surface area contributed by atoms with Gasteiger partial charge in [0, 0.05) is 26.2 Å². The van der Waals surface area contributed by atoms with Gasteiger partial charge in [-0.15, -0.1) is 0 Å². The van der Waals surface area contributed by atoms with Gasteiger partial charge in [-0.1, -0.05) is 18.2 Å². The van der Waals surface area contributed by atoms with E-state index in [0.717, 1.165) is 11.3 Å². The van der Waals surface area contributed by atoms with Crippen LogP contribution < -0.4 is 10.2 Å². The van der Waals surface area contributed by atoms with E-state index in [-0.39, 0.29) is 6.42 Å². The van der Waals surface area contributed by atoms with Crippen LogP contribution in [0.4, 0.5) is 10.5 Å². The summed E-state index contributed by atoms with van der Waals surface area (Å²) in [5.74, 6) is -1.10. The number of hydrogen-bond donors (Lipinski definition) is 2. The number of amides is 1. The first-order valence-corrected chi connectivity index (χ1v) is 7.07. The smallest absolute Gasteiger partial charge is 0.408 e. The van der Waals surface area contributed by atoms with Crippen LogP contribution in [0.25, 0.3) is 0 Å². The molecule has 2 N–H and O–H groups in total. The minimum Gasteiger partial charge on any atom is -0.480 e. The third-order valence-corrected chi connectivity index (χ3v) is 2.89. The van der Waals surface area contributed by atoms with Crippen LogP contribution in [-0.4, -0.2) is 42.9 Å². The fourth-order valence-electron chi connectivity index (χ4n) is 1.99.